The van der Waals surface area contributed by atoms with Crippen molar-refractivity contribution in [3.8, 4) is 0 Å². The zero-order valence-corrected chi connectivity index (χ0v) is 11.0. The number of hydrogen-bond acceptors (Lipinski definition) is 2. The van der Waals surface area contributed by atoms with Gasteiger partial charge in [0.25, 0.3) is 0 Å². The van der Waals surface area contributed by atoms with Crippen molar-refractivity contribution in [1.82, 2.24) is 5.32 Å². The molecule has 0 aliphatic carbocycles. The maximum absolute atomic E-state index is 5.55. The third-order valence-electron chi connectivity index (χ3n) is 3.62. The maximum Gasteiger partial charge on any atom is 0.0646 e. The zero-order chi connectivity index (χ0) is 12.1. The second-order valence-corrected chi connectivity index (χ2v) is 5.21. The number of rotatable bonds is 4. The van der Waals surface area contributed by atoms with Crippen LogP contribution in [0.3, 0.4) is 0 Å². The van der Waals surface area contributed by atoms with Gasteiger partial charge < -0.3 is 10.1 Å². The molecule has 94 valence electrons. The van der Waals surface area contributed by atoms with Gasteiger partial charge in [0, 0.05) is 12.1 Å². The number of nitrogens with one attached hydrogen (secondary N) is 1. The highest BCUT2D eigenvalue weighted by Gasteiger charge is 2.26. The van der Waals surface area contributed by atoms with Gasteiger partial charge >= 0.3 is 0 Å². The van der Waals surface area contributed by atoms with Crippen molar-refractivity contribution in [2.45, 2.75) is 38.6 Å². The van der Waals surface area contributed by atoms with Crippen LogP contribution in [0, 0.1) is 0 Å². The van der Waals surface area contributed by atoms with E-state index >= 15 is 0 Å². The van der Waals surface area contributed by atoms with E-state index < -0.39 is 0 Å². The summed E-state index contributed by atoms with van der Waals surface area (Å²) in [6.07, 6.45) is 3.38. The second-order valence-electron chi connectivity index (χ2n) is 5.21. The Hall–Kier alpha value is -0.860. The Kier molecular flexibility index (Phi) is 4.19. The highest BCUT2D eigenvalue weighted by molar-refractivity contribution is 5.22. The van der Waals surface area contributed by atoms with Gasteiger partial charge in [0.05, 0.1) is 13.2 Å². The molecular formula is C15H23NO. The molecule has 0 spiro atoms. The molecule has 0 amide bonds. The van der Waals surface area contributed by atoms with E-state index in [0.29, 0.717) is 0 Å². The minimum atomic E-state index is 0.154. The maximum atomic E-state index is 5.55. The average molecular weight is 233 g/mol. The van der Waals surface area contributed by atoms with E-state index in [1.165, 1.54) is 11.1 Å². The number of benzene rings is 1. The lowest BCUT2D eigenvalue weighted by Crippen LogP contribution is -2.52. The fourth-order valence-corrected chi connectivity index (χ4v) is 2.30. The lowest BCUT2D eigenvalue weighted by molar-refractivity contribution is 0.0318. The van der Waals surface area contributed by atoms with Crippen LogP contribution in [-0.2, 0) is 17.6 Å². The van der Waals surface area contributed by atoms with Crippen molar-refractivity contribution < 1.29 is 4.74 Å². The summed E-state index contributed by atoms with van der Waals surface area (Å²) >= 11 is 0. The Bertz CT molecular complexity index is 338. The normalized spacial score (nSPS) is 24.8. The van der Waals surface area contributed by atoms with Gasteiger partial charge in [-0.15, -0.1) is 0 Å². The Labute approximate surface area is 104 Å². The molecule has 1 atom stereocenters. The topological polar surface area (TPSA) is 21.3 Å². The number of hydrogen-bond donors (Lipinski definition) is 1. The van der Waals surface area contributed by atoms with Gasteiger partial charge in [0.15, 0.2) is 0 Å². The van der Waals surface area contributed by atoms with Gasteiger partial charge in [-0.3, -0.25) is 0 Å². The van der Waals surface area contributed by atoms with Crippen LogP contribution in [-0.4, -0.2) is 25.3 Å². The van der Waals surface area contributed by atoms with E-state index in [1.807, 2.05) is 0 Å². The summed E-state index contributed by atoms with van der Waals surface area (Å²) in [5.41, 5.74) is 3.00. The zero-order valence-electron chi connectivity index (χ0n) is 11.0. The Morgan fingerprint density at radius 1 is 1.24 bits per heavy atom. The van der Waals surface area contributed by atoms with Gasteiger partial charge in [0.1, 0.15) is 0 Å². The van der Waals surface area contributed by atoms with Gasteiger partial charge in [0.2, 0.25) is 0 Å². The predicted molar refractivity (Wildman–Crippen MR) is 71.4 cm³/mol. The van der Waals surface area contributed by atoms with Gasteiger partial charge in [-0.05, 0) is 37.3 Å². The van der Waals surface area contributed by atoms with Crippen LogP contribution >= 0.6 is 0 Å². The van der Waals surface area contributed by atoms with Crippen LogP contribution in [0.15, 0.2) is 24.3 Å². The van der Waals surface area contributed by atoms with E-state index in [9.17, 15) is 0 Å². The molecule has 1 unspecified atom stereocenters. The molecule has 0 radical (unpaired) electrons. The number of ether oxygens (including phenoxy) is 1. The minimum absolute atomic E-state index is 0.154. The summed E-state index contributed by atoms with van der Waals surface area (Å²) in [6.45, 7) is 7.11. The first-order chi connectivity index (χ1) is 8.22. The van der Waals surface area contributed by atoms with Crippen LogP contribution < -0.4 is 5.32 Å². The average Bonchev–Trinajstić information content (AvgIpc) is 2.38. The third-order valence-corrected chi connectivity index (χ3v) is 3.62. The van der Waals surface area contributed by atoms with Gasteiger partial charge in [-0.2, -0.15) is 0 Å². The molecule has 1 aromatic rings. The summed E-state index contributed by atoms with van der Waals surface area (Å²) in [7, 11) is 0. The third kappa shape index (κ3) is 3.55. The van der Waals surface area contributed by atoms with Crippen LogP contribution in [0.25, 0.3) is 0 Å². The second kappa shape index (κ2) is 5.65. The Morgan fingerprint density at radius 2 is 1.94 bits per heavy atom. The van der Waals surface area contributed by atoms with Crippen LogP contribution in [0.5, 0.6) is 0 Å². The fraction of sp³-hybridized carbons (Fsp3) is 0.600. The van der Waals surface area contributed by atoms with E-state index in [4.69, 9.17) is 4.74 Å². The molecule has 0 bridgehead atoms. The molecule has 17 heavy (non-hydrogen) atoms. The van der Waals surface area contributed by atoms with E-state index in [-0.39, 0.29) is 5.54 Å². The molecule has 2 nitrogen and oxygen atoms in total. The van der Waals surface area contributed by atoms with E-state index in [2.05, 4.69) is 43.4 Å². The van der Waals surface area contributed by atoms with Gasteiger partial charge in [-0.25, -0.2) is 0 Å². The highest BCUT2D eigenvalue weighted by Crippen LogP contribution is 2.17. The first kappa shape index (κ1) is 12.6. The largest absolute Gasteiger partial charge is 0.378 e. The van der Waals surface area contributed by atoms with Gasteiger partial charge in [-0.1, -0.05) is 31.2 Å². The first-order valence-corrected chi connectivity index (χ1v) is 6.62. The molecule has 1 heterocycles. The monoisotopic (exact) mass is 233 g/mol. The molecule has 0 aromatic heterocycles. The van der Waals surface area contributed by atoms with Crippen molar-refractivity contribution in [2.75, 3.05) is 19.8 Å². The fourth-order valence-electron chi connectivity index (χ4n) is 2.30. The SMILES string of the molecule is CCc1ccc(CCC2(C)COCCN2)cc1. The minimum Gasteiger partial charge on any atom is -0.378 e. The van der Waals surface area contributed by atoms with E-state index in [0.717, 1.165) is 39.0 Å². The van der Waals surface area contributed by atoms with Crippen molar-refractivity contribution in [3.05, 3.63) is 35.4 Å². The molecule has 1 aliphatic rings. The van der Waals surface area contributed by atoms with Crippen molar-refractivity contribution in [1.29, 1.82) is 0 Å². The molecular weight excluding hydrogens is 210 g/mol. The summed E-state index contributed by atoms with van der Waals surface area (Å²) in [4.78, 5) is 0. The van der Waals surface area contributed by atoms with Crippen molar-refractivity contribution >= 4 is 0 Å². The van der Waals surface area contributed by atoms with Crippen LogP contribution in [0.1, 0.15) is 31.4 Å². The predicted octanol–water partition coefficient (Wildman–Crippen LogP) is 2.56. The highest BCUT2D eigenvalue weighted by atomic mass is 16.5. The molecule has 1 saturated heterocycles. The molecule has 1 fully saturated rings. The summed E-state index contributed by atoms with van der Waals surface area (Å²) in [5.74, 6) is 0. The molecule has 1 aliphatic heterocycles. The quantitative estimate of drug-likeness (QED) is 0.863. The van der Waals surface area contributed by atoms with Crippen LogP contribution in [0.2, 0.25) is 0 Å². The smallest absolute Gasteiger partial charge is 0.0646 e. The Balaban J connectivity index is 1.87. The molecule has 1 aromatic carbocycles. The van der Waals surface area contributed by atoms with Crippen molar-refractivity contribution in [3.63, 3.8) is 0 Å². The number of morpholine rings is 1. The summed E-state index contributed by atoms with van der Waals surface area (Å²) in [6, 6.07) is 8.99. The molecule has 2 rings (SSSR count). The molecule has 1 N–H and O–H groups in total. The summed E-state index contributed by atoms with van der Waals surface area (Å²) in [5, 5.41) is 3.56. The van der Waals surface area contributed by atoms with Crippen LogP contribution in [0.4, 0.5) is 0 Å². The standard InChI is InChI=1S/C15H23NO/c1-3-13-4-6-14(7-5-13)8-9-15(2)12-17-11-10-16-15/h4-7,16H,3,8-12H2,1-2H3. The molecule has 0 saturated carbocycles. The molecule has 2 heteroatoms. The lowest BCUT2D eigenvalue weighted by atomic mass is 9.93. The lowest BCUT2D eigenvalue weighted by Gasteiger charge is -2.35. The first-order valence-electron chi connectivity index (χ1n) is 6.62. The van der Waals surface area contributed by atoms with Crippen molar-refractivity contribution in [2.24, 2.45) is 0 Å². The number of aryl methyl sites for hydroxylation is 2. The summed E-state index contributed by atoms with van der Waals surface area (Å²) < 4.78 is 5.55. The van der Waals surface area contributed by atoms with E-state index in [1.54, 1.807) is 0 Å². The Morgan fingerprint density at radius 3 is 2.53 bits per heavy atom.